The van der Waals surface area contributed by atoms with E-state index >= 15 is 0 Å². The second-order valence-electron chi connectivity index (χ2n) is 6.64. The van der Waals surface area contributed by atoms with E-state index in [4.69, 9.17) is 9.72 Å². The molecule has 0 saturated carbocycles. The van der Waals surface area contributed by atoms with Crippen LogP contribution in [0.5, 0.6) is 0 Å². The molecule has 1 aromatic carbocycles. The van der Waals surface area contributed by atoms with Gasteiger partial charge in [-0.2, -0.15) is 0 Å². The SMILES string of the molecule is Cc1cc2nc(N(CC3CCCO3)C(=O)C(C)C)sc2cc1C. The largest absolute Gasteiger partial charge is 0.376 e. The van der Waals surface area contributed by atoms with Crippen molar-refractivity contribution in [3.63, 3.8) is 0 Å². The van der Waals surface area contributed by atoms with Gasteiger partial charge < -0.3 is 4.74 Å². The van der Waals surface area contributed by atoms with Gasteiger partial charge in [0.1, 0.15) is 0 Å². The molecule has 1 aliphatic rings. The first kappa shape index (κ1) is 16.4. The Hall–Kier alpha value is -1.46. The lowest BCUT2D eigenvalue weighted by molar-refractivity contribution is -0.121. The Labute approximate surface area is 141 Å². The van der Waals surface area contributed by atoms with Crippen molar-refractivity contribution in [3.05, 3.63) is 23.3 Å². The van der Waals surface area contributed by atoms with E-state index in [0.29, 0.717) is 6.54 Å². The Bertz CT molecular complexity index is 678. The molecule has 0 aliphatic carbocycles. The van der Waals surface area contributed by atoms with Crippen LogP contribution in [-0.2, 0) is 9.53 Å². The minimum Gasteiger partial charge on any atom is -0.376 e. The smallest absolute Gasteiger partial charge is 0.231 e. The number of hydrogen-bond acceptors (Lipinski definition) is 4. The average Bonchev–Trinajstić information content (AvgIpc) is 3.13. The predicted octanol–water partition coefficient (Wildman–Crippen LogP) is 4.08. The van der Waals surface area contributed by atoms with Crippen molar-refractivity contribution in [2.45, 2.75) is 46.6 Å². The van der Waals surface area contributed by atoms with Crippen LogP contribution < -0.4 is 4.90 Å². The quantitative estimate of drug-likeness (QED) is 0.847. The van der Waals surface area contributed by atoms with Gasteiger partial charge in [0.2, 0.25) is 5.91 Å². The zero-order chi connectivity index (χ0) is 16.6. The second-order valence-corrected chi connectivity index (χ2v) is 7.65. The Kier molecular flexibility index (Phi) is 4.69. The van der Waals surface area contributed by atoms with Gasteiger partial charge >= 0.3 is 0 Å². The van der Waals surface area contributed by atoms with Crippen LogP contribution in [0.3, 0.4) is 0 Å². The van der Waals surface area contributed by atoms with E-state index in [-0.39, 0.29) is 17.9 Å². The number of carbonyl (C=O) groups excluding carboxylic acids is 1. The summed E-state index contributed by atoms with van der Waals surface area (Å²) < 4.78 is 6.87. The van der Waals surface area contributed by atoms with Gasteiger partial charge in [0, 0.05) is 12.5 Å². The van der Waals surface area contributed by atoms with Gasteiger partial charge in [-0.05, 0) is 49.9 Å². The molecule has 1 atom stereocenters. The first-order valence-electron chi connectivity index (χ1n) is 8.26. The van der Waals surface area contributed by atoms with Crippen LogP contribution in [0.2, 0.25) is 0 Å². The molecule has 0 radical (unpaired) electrons. The standard InChI is InChI=1S/C18H24N2O2S/c1-11(2)17(21)20(10-14-6-5-7-22-14)18-19-15-8-12(3)13(4)9-16(15)23-18/h8-9,11,14H,5-7,10H2,1-4H3. The number of fused-ring (bicyclic) bond motifs is 1. The first-order chi connectivity index (χ1) is 11.0. The number of carbonyl (C=O) groups is 1. The van der Waals surface area contributed by atoms with Gasteiger partial charge in [0.15, 0.2) is 5.13 Å². The monoisotopic (exact) mass is 332 g/mol. The lowest BCUT2D eigenvalue weighted by atomic mass is 10.1. The summed E-state index contributed by atoms with van der Waals surface area (Å²) in [5.41, 5.74) is 3.46. The molecule has 1 unspecified atom stereocenters. The van der Waals surface area contributed by atoms with E-state index in [1.807, 2.05) is 18.7 Å². The lowest BCUT2D eigenvalue weighted by Gasteiger charge is -2.24. The maximum Gasteiger partial charge on any atom is 0.231 e. The molecule has 5 heteroatoms. The van der Waals surface area contributed by atoms with Crippen LogP contribution in [0.15, 0.2) is 12.1 Å². The second kappa shape index (κ2) is 6.57. The van der Waals surface area contributed by atoms with Crippen molar-refractivity contribution >= 4 is 32.6 Å². The zero-order valence-corrected chi connectivity index (χ0v) is 15.1. The summed E-state index contributed by atoms with van der Waals surface area (Å²) in [6.07, 6.45) is 2.23. The molecule has 0 spiro atoms. The molecule has 2 heterocycles. The van der Waals surface area contributed by atoms with Crippen LogP contribution in [0, 0.1) is 19.8 Å². The van der Waals surface area contributed by atoms with E-state index in [1.165, 1.54) is 11.1 Å². The molecule has 4 nitrogen and oxygen atoms in total. The van der Waals surface area contributed by atoms with E-state index < -0.39 is 0 Å². The van der Waals surface area contributed by atoms with Crippen molar-refractivity contribution in [1.82, 2.24) is 4.98 Å². The summed E-state index contributed by atoms with van der Waals surface area (Å²) in [4.78, 5) is 19.2. The summed E-state index contributed by atoms with van der Waals surface area (Å²) in [6.45, 7) is 9.48. The van der Waals surface area contributed by atoms with E-state index in [0.717, 1.165) is 34.8 Å². The molecule has 1 saturated heterocycles. The third kappa shape index (κ3) is 3.40. The van der Waals surface area contributed by atoms with Crippen molar-refractivity contribution in [2.24, 2.45) is 5.92 Å². The van der Waals surface area contributed by atoms with Crippen molar-refractivity contribution in [1.29, 1.82) is 0 Å². The van der Waals surface area contributed by atoms with Gasteiger partial charge in [-0.25, -0.2) is 4.98 Å². The van der Waals surface area contributed by atoms with E-state index in [9.17, 15) is 4.79 Å². The fraction of sp³-hybridized carbons (Fsp3) is 0.556. The molecule has 0 N–H and O–H groups in total. The highest BCUT2D eigenvalue weighted by Gasteiger charge is 2.27. The molecule has 124 valence electrons. The van der Waals surface area contributed by atoms with Crippen LogP contribution in [-0.4, -0.2) is 30.1 Å². The summed E-state index contributed by atoms with van der Waals surface area (Å²) in [5, 5.41) is 0.791. The number of amides is 1. The predicted molar refractivity (Wildman–Crippen MR) is 95.3 cm³/mol. The highest BCUT2D eigenvalue weighted by molar-refractivity contribution is 7.22. The number of nitrogens with zero attached hydrogens (tertiary/aromatic N) is 2. The Morgan fingerprint density at radius 1 is 1.39 bits per heavy atom. The number of aryl methyl sites for hydroxylation is 2. The maximum atomic E-state index is 12.7. The fourth-order valence-electron chi connectivity index (χ4n) is 2.85. The molecule has 3 rings (SSSR count). The zero-order valence-electron chi connectivity index (χ0n) is 14.3. The minimum atomic E-state index is -0.0492. The molecule has 0 bridgehead atoms. The molecule has 1 fully saturated rings. The number of aromatic nitrogens is 1. The molecule has 1 aromatic heterocycles. The van der Waals surface area contributed by atoms with Crippen molar-refractivity contribution in [3.8, 4) is 0 Å². The third-order valence-electron chi connectivity index (χ3n) is 4.39. The number of ether oxygens (including phenoxy) is 1. The molecule has 1 aliphatic heterocycles. The number of anilines is 1. The highest BCUT2D eigenvalue weighted by Crippen LogP contribution is 2.32. The number of thiazole rings is 1. The van der Waals surface area contributed by atoms with Crippen molar-refractivity contribution in [2.75, 3.05) is 18.1 Å². The molecular weight excluding hydrogens is 308 g/mol. The van der Waals surface area contributed by atoms with Crippen LogP contribution in [0.25, 0.3) is 10.2 Å². The maximum absolute atomic E-state index is 12.7. The van der Waals surface area contributed by atoms with Crippen LogP contribution >= 0.6 is 11.3 Å². The molecule has 2 aromatic rings. The normalized spacial score (nSPS) is 18.0. The number of benzene rings is 1. The van der Waals surface area contributed by atoms with E-state index in [1.54, 1.807) is 11.3 Å². The Balaban J connectivity index is 1.96. The van der Waals surface area contributed by atoms with E-state index in [2.05, 4.69) is 26.0 Å². The lowest BCUT2D eigenvalue weighted by Crippen LogP contribution is -2.39. The minimum absolute atomic E-state index is 0.0492. The summed E-state index contributed by atoms with van der Waals surface area (Å²) >= 11 is 1.60. The topological polar surface area (TPSA) is 42.4 Å². The summed E-state index contributed by atoms with van der Waals surface area (Å²) in [5.74, 6) is 0.0693. The van der Waals surface area contributed by atoms with Gasteiger partial charge in [0.05, 0.1) is 22.9 Å². The van der Waals surface area contributed by atoms with Gasteiger partial charge in [-0.15, -0.1) is 0 Å². The highest BCUT2D eigenvalue weighted by atomic mass is 32.1. The van der Waals surface area contributed by atoms with Gasteiger partial charge in [0.25, 0.3) is 0 Å². The van der Waals surface area contributed by atoms with Crippen LogP contribution in [0.1, 0.15) is 37.8 Å². The van der Waals surface area contributed by atoms with Crippen LogP contribution in [0.4, 0.5) is 5.13 Å². The summed E-state index contributed by atoms with van der Waals surface area (Å²) in [6, 6.07) is 4.27. The van der Waals surface area contributed by atoms with Gasteiger partial charge in [-0.1, -0.05) is 25.2 Å². The Morgan fingerprint density at radius 3 is 2.78 bits per heavy atom. The Morgan fingerprint density at radius 2 is 2.13 bits per heavy atom. The fourth-order valence-corrected chi connectivity index (χ4v) is 3.91. The van der Waals surface area contributed by atoms with Crippen molar-refractivity contribution < 1.29 is 9.53 Å². The number of hydrogen-bond donors (Lipinski definition) is 0. The summed E-state index contributed by atoms with van der Waals surface area (Å²) in [7, 11) is 0. The molecule has 23 heavy (non-hydrogen) atoms. The average molecular weight is 332 g/mol. The van der Waals surface area contributed by atoms with Gasteiger partial charge in [-0.3, -0.25) is 9.69 Å². The first-order valence-corrected chi connectivity index (χ1v) is 9.08. The number of rotatable bonds is 4. The molecular formula is C18H24N2O2S. The third-order valence-corrected chi connectivity index (χ3v) is 5.43. The molecule has 1 amide bonds.